The van der Waals surface area contributed by atoms with Crippen LogP contribution in [0.15, 0.2) is 42.6 Å². The minimum absolute atomic E-state index is 0.154. The summed E-state index contributed by atoms with van der Waals surface area (Å²) in [5, 5.41) is 19.3. The number of urea groups is 1. The minimum atomic E-state index is -0.430. The van der Waals surface area contributed by atoms with E-state index in [4.69, 9.17) is 0 Å². The Labute approximate surface area is 129 Å². The Morgan fingerprint density at radius 3 is 2.77 bits per heavy atom. The van der Waals surface area contributed by atoms with Crippen LogP contribution in [-0.2, 0) is 6.54 Å². The van der Waals surface area contributed by atoms with Crippen molar-refractivity contribution in [3.63, 3.8) is 0 Å². The number of rotatable bonds is 6. The normalized spacial score (nSPS) is 15.3. The third kappa shape index (κ3) is 3.65. The number of hydrogen-bond donors (Lipinski definition) is 3. The van der Waals surface area contributed by atoms with Crippen LogP contribution < -0.4 is 10.6 Å². The molecule has 2 amide bonds. The van der Waals surface area contributed by atoms with Crippen LogP contribution in [0.4, 0.5) is 10.6 Å². The second-order valence-corrected chi connectivity index (χ2v) is 5.59. The highest BCUT2D eigenvalue weighted by atomic mass is 16.3. The molecule has 1 aliphatic rings. The van der Waals surface area contributed by atoms with Crippen LogP contribution in [0, 0.1) is 5.92 Å². The van der Waals surface area contributed by atoms with Gasteiger partial charge >= 0.3 is 6.03 Å². The van der Waals surface area contributed by atoms with Crippen LogP contribution in [-0.4, -0.2) is 27.5 Å². The van der Waals surface area contributed by atoms with Gasteiger partial charge in [-0.05, 0) is 24.3 Å². The number of carbonyl (C=O) groups excluding carboxylic acids is 1. The molecule has 1 heterocycles. The van der Waals surface area contributed by atoms with Gasteiger partial charge in [0.2, 0.25) is 0 Å². The van der Waals surface area contributed by atoms with Crippen molar-refractivity contribution in [2.75, 3.05) is 11.9 Å². The molecule has 1 aromatic heterocycles. The van der Waals surface area contributed by atoms with Crippen LogP contribution in [0.2, 0.25) is 0 Å². The maximum atomic E-state index is 12.1. The zero-order valence-electron chi connectivity index (χ0n) is 12.3. The van der Waals surface area contributed by atoms with E-state index in [0.29, 0.717) is 11.7 Å². The summed E-state index contributed by atoms with van der Waals surface area (Å²) in [6.07, 6.45) is 4.14. The molecule has 3 N–H and O–H groups in total. The first-order valence-corrected chi connectivity index (χ1v) is 7.51. The van der Waals surface area contributed by atoms with Gasteiger partial charge in [-0.2, -0.15) is 5.10 Å². The first-order valence-electron chi connectivity index (χ1n) is 7.51. The van der Waals surface area contributed by atoms with Crippen LogP contribution >= 0.6 is 0 Å². The molecule has 0 spiro atoms. The molecule has 0 saturated heterocycles. The molecule has 2 aromatic rings. The Morgan fingerprint density at radius 2 is 2.09 bits per heavy atom. The first kappa shape index (κ1) is 14.6. The van der Waals surface area contributed by atoms with Gasteiger partial charge in [-0.1, -0.05) is 30.3 Å². The molecule has 1 aliphatic carbocycles. The number of aliphatic hydroxyl groups is 1. The Kier molecular flexibility index (Phi) is 4.39. The van der Waals surface area contributed by atoms with E-state index in [2.05, 4.69) is 15.7 Å². The van der Waals surface area contributed by atoms with Crippen LogP contribution in [0.3, 0.4) is 0 Å². The lowest BCUT2D eigenvalue weighted by Crippen LogP contribution is -2.35. The van der Waals surface area contributed by atoms with Crippen molar-refractivity contribution in [1.82, 2.24) is 15.1 Å². The van der Waals surface area contributed by atoms with Crippen molar-refractivity contribution < 1.29 is 9.90 Å². The number of aliphatic hydroxyl groups excluding tert-OH is 1. The second-order valence-electron chi connectivity index (χ2n) is 5.59. The van der Waals surface area contributed by atoms with Gasteiger partial charge in [0, 0.05) is 12.6 Å². The van der Waals surface area contributed by atoms with Gasteiger partial charge in [0.05, 0.1) is 18.8 Å². The molecule has 1 atom stereocenters. The van der Waals surface area contributed by atoms with Gasteiger partial charge < -0.3 is 10.4 Å². The lowest BCUT2D eigenvalue weighted by Gasteiger charge is -2.17. The van der Waals surface area contributed by atoms with Crippen LogP contribution in [0.5, 0.6) is 0 Å². The molecule has 0 bridgehead atoms. The smallest absolute Gasteiger partial charge is 0.320 e. The van der Waals surface area contributed by atoms with Gasteiger partial charge in [0.1, 0.15) is 5.82 Å². The van der Waals surface area contributed by atoms with Crippen molar-refractivity contribution in [3.05, 3.63) is 48.2 Å². The molecule has 0 radical (unpaired) electrons. The fourth-order valence-corrected chi connectivity index (χ4v) is 2.36. The van der Waals surface area contributed by atoms with E-state index in [0.717, 1.165) is 12.1 Å². The van der Waals surface area contributed by atoms with Crippen molar-refractivity contribution in [3.8, 4) is 0 Å². The summed E-state index contributed by atoms with van der Waals surface area (Å²) >= 11 is 0. The maximum Gasteiger partial charge on any atom is 0.320 e. The van der Waals surface area contributed by atoms with Crippen molar-refractivity contribution in [2.24, 2.45) is 5.92 Å². The Hall–Kier alpha value is -2.34. The van der Waals surface area contributed by atoms with Gasteiger partial charge in [-0.25, -0.2) is 9.48 Å². The summed E-state index contributed by atoms with van der Waals surface area (Å²) < 4.78 is 1.81. The summed E-state index contributed by atoms with van der Waals surface area (Å²) in [5.74, 6) is 1.35. The lowest BCUT2D eigenvalue weighted by molar-refractivity contribution is 0.225. The van der Waals surface area contributed by atoms with Crippen molar-refractivity contribution in [1.29, 1.82) is 0 Å². The monoisotopic (exact) mass is 300 g/mol. The first-order chi connectivity index (χ1) is 10.8. The SMILES string of the molecule is O=C(Nc1ccnn1CC1CC1)N[C@H](CO)c1ccccc1. The van der Waals surface area contributed by atoms with Gasteiger partial charge in [0.15, 0.2) is 0 Å². The fraction of sp³-hybridized carbons (Fsp3) is 0.375. The van der Waals surface area contributed by atoms with Crippen LogP contribution in [0.1, 0.15) is 24.4 Å². The molecule has 116 valence electrons. The number of amides is 2. The Morgan fingerprint density at radius 1 is 1.32 bits per heavy atom. The summed E-state index contributed by atoms with van der Waals surface area (Å²) in [4.78, 5) is 12.1. The third-order valence-corrected chi connectivity index (χ3v) is 3.78. The molecule has 0 aliphatic heterocycles. The molecular formula is C16H20N4O2. The number of benzene rings is 1. The highest BCUT2D eigenvalue weighted by molar-refractivity contribution is 5.88. The quantitative estimate of drug-likeness (QED) is 0.765. The average molecular weight is 300 g/mol. The second kappa shape index (κ2) is 6.62. The molecule has 3 rings (SSSR count). The van der Waals surface area contributed by atoms with E-state index >= 15 is 0 Å². The molecule has 1 aromatic carbocycles. The topological polar surface area (TPSA) is 79.2 Å². The van der Waals surface area contributed by atoms with Crippen molar-refractivity contribution >= 4 is 11.8 Å². The van der Waals surface area contributed by atoms with E-state index in [1.54, 1.807) is 12.3 Å². The number of nitrogens with zero attached hydrogens (tertiary/aromatic N) is 2. The molecule has 6 heteroatoms. The lowest BCUT2D eigenvalue weighted by atomic mass is 10.1. The van der Waals surface area contributed by atoms with E-state index < -0.39 is 6.04 Å². The van der Waals surface area contributed by atoms with E-state index in [1.165, 1.54) is 12.8 Å². The standard InChI is InChI=1S/C16H20N4O2/c21-11-14(13-4-2-1-3-5-13)18-16(22)19-15-8-9-17-20(15)10-12-6-7-12/h1-5,8-9,12,14,21H,6-7,10-11H2,(H2,18,19,22)/t14-/m1/s1. The molecule has 1 saturated carbocycles. The van der Waals surface area contributed by atoms with E-state index in [1.807, 2.05) is 35.0 Å². The molecule has 1 fully saturated rings. The van der Waals surface area contributed by atoms with Gasteiger partial charge in [-0.3, -0.25) is 5.32 Å². The fourth-order valence-electron chi connectivity index (χ4n) is 2.36. The largest absolute Gasteiger partial charge is 0.394 e. The summed E-state index contributed by atoms with van der Waals surface area (Å²) in [6.45, 7) is 0.684. The number of anilines is 1. The maximum absolute atomic E-state index is 12.1. The summed E-state index contributed by atoms with van der Waals surface area (Å²) in [5.41, 5.74) is 0.867. The zero-order chi connectivity index (χ0) is 15.4. The number of hydrogen-bond acceptors (Lipinski definition) is 3. The number of nitrogens with one attached hydrogen (secondary N) is 2. The van der Waals surface area contributed by atoms with Crippen LogP contribution in [0.25, 0.3) is 0 Å². The Bertz CT molecular complexity index is 622. The summed E-state index contributed by atoms with van der Waals surface area (Å²) in [6, 6.07) is 10.4. The summed E-state index contributed by atoms with van der Waals surface area (Å²) in [7, 11) is 0. The Balaban J connectivity index is 1.60. The number of carbonyl (C=O) groups is 1. The van der Waals surface area contributed by atoms with Gasteiger partial charge in [-0.15, -0.1) is 0 Å². The molecule has 6 nitrogen and oxygen atoms in total. The van der Waals surface area contributed by atoms with E-state index in [-0.39, 0.29) is 12.6 Å². The van der Waals surface area contributed by atoms with Crippen molar-refractivity contribution in [2.45, 2.75) is 25.4 Å². The highest BCUT2D eigenvalue weighted by Crippen LogP contribution is 2.31. The molecule has 0 unspecified atom stereocenters. The minimum Gasteiger partial charge on any atom is -0.394 e. The molecule has 22 heavy (non-hydrogen) atoms. The number of aromatic nitrogens is 2. The van der Waals surface area contributed by atoms with Gasteiger partial charge in [0.25, 0.3) is 0 Å². The highest BCUT2D eigenvalue weighted by Gasteiger charge is 2.23. The average Bonchev–Trinajstić information content (AvgIpc) is 3.26. The zero-order valence-corrected chi connectivity index (χ0v) is 12.3. The van der Waals surface area contributed by atoms with E-state index in [9.17, 15) is 9.90 Å². The predicted octanol–water partition coefficient (Wildman–Crippen LogP) is 2.15. The third-order valence-electron chi connectivity index (χ3n) is 3.78. The predicted molar refractivity (Wildman–Crippen MR) is 83.4 cm³/mol. The molecular weight excluding hydrogens is 280 g/mol.